The quantitative estimate of drug-likeness (QED) is 0.533. The van der Waals surface area contributed by atoms with Crippen LogP contribution in [0.15, 0.2) is 12.1 Å². The van der Waals surface area contributed by atoms with Crippen molar-refractivity contribution in [2.24, 2.45) is 5.92 Å². The summed E-state index contributed by atoms with van der Waals surface area (Å²) in [6, 6.07) is 3.94. The molecule has 110 valence electrons. The maximum absolute atomic E-state index is 12.6. The van der Waals surface area contributed by atoms with Gasteiger partial charge in [-0.3, -0.25) is 4.79 Å². The van der Waals surface area contributed by atoms with Gasteiger partial charge in [0.15, 0.2) is 12.6 Å². The molecule has 0 unspecified atom stereocenters. The monoisotopic (exact) mass is 276 g/mol. The van der Waals surface area contributed by atoms with E-state index in [0.29, 0.717) is 5.75 Å². The number of carbonyl (C=O) groups is 1. The third-order valence-electron chi connectivity index (χ3n) is 3.82. The van der Waals surface area contributed by atoms with Gasteiger partial charge in [0, 0.05) is 13.0 Å². The maximum atomic E-state index is 12.6. The van der Waals surface area contributed by atoms with Gasteiger partial charge in [-0.25, -0.2) is 0 Å². The lowest BCUT2D eigenvalue weighted by Gasteiger charge is -2.16. The number of aryl methyl sites for hydroxylation is 1. The zero-order valence-electron chi connectivity index (χ0n) is 12.7. The van der Waals surface area contributed by atoms with Crippen LogP contribution in [0, 0.1) is 12.8 Å². The molecule has 1 saturated carbocycles. The largest absolute Gasteiger partial charge is 0.467 e. The molecule has 3 heteroatoms. The Bertz CT molecular complexity index is 475. The van der Waals surface area contributed by atoms with Crippen molar-refractivity contribution in [3.8, 4) is 5.75 Å². The zero-order chi connectivity index (χ0) is 14.5. The number of hydrogen-bond donors (Lipinski definition) is 0. The number of ketones is 1. The van der Waals surface area contributed by atoms with E-state index < -0.39 is 0 Å². The highest BCUT2D eigenvalue weighted by atomic mass is 16.7. The van der Waals surface area contributed by atoms with Crippen LogP contribution in [-0.4, -0.2) is 19.7 Å². The minimum Gasteiger partial charge on any atom is -0.467 e. The molecule has 1 aromatic carbocycles. The van der Waals surface area contributed by atoms with Crippen LogP contribution >= 0.6 is 0 Å². The molecule has 1 aliphatic carbocycles. The Kier molecular flexibility index (Phi) is 5.18. The number of benzene rings is 1. The lowest BCUT2D eigenvalue weighted by Crippen LogP contribution is -2.12. The highest BCUT2D eigenvalue weighted by Crippen LogP contribution is 2.38. The number of rotatable bonds is 8. The van der Waals surface area contributed by atoms with Crippen molar-refractivity contribution in [2.75, 3.05) is 13.9 Å². The van der Waals surface area contributed by atoms with Crippen LogP contribution in [0.25, 0.3) is 0 Å². The topological polar surface area (TPSA) is 35.5 Å². The normalized spacial score (nSPS) is 14.3. The summed E-state index contributed by atoms with van der Waals surface area (Å²) < 4.78 is 10.6. The maximum Gasteiger partial charge on any atom is 0.188 e. The van der Waals surface area contributed by atoms with Gasteiger partial charge in [0.25, 0.3) is 0 Å². The summed E-state index contributed by atoms with van der Waals surface area (Å²) in [5.41, 5.74) is 3.16. The summed E-state index contributed by atoms with van der Waals surface area (Å²) in [6.45, 7) is 4.43. The summed E-state index contributed by atoms with van der Waals surface area (Å²) in [6.07, 6.45) is 5.20. The second-order valence-electron chi connectivity index (χ2n) is 5.53. The molecule has 2 rings (SSSR count). The molecule has 0 amide bonds. The summed E-state index contributed by atoms with van der Waals surface area (Å²) >= 11 is 0. The molecule has 0 spiro atoms. The van der Waals surface area contributed by atoms with Crippen molar-refractivity contribution in [3.05, 3.63) is 28.8 Å². The van der Waals surface area contributed by atoms with Crippen LogP contribution in [0.5, 0.6) is 5.75 Å². The first-order chi connectivity index (χ1) is 9.69. The number of ether oxygens (including phenoxy) is 2. The van der Waals surface area contributed by atoms with E-state index in [4.69, 9.17) is 9.47 Å². The third-order valence-corrected chi connectivity index (χ3v) is 3.82. The van der Waals surface area contributed by atoms with Gasteiger partial charge >= 0.3 is 0 Å². The van der Waals surface area contributed by atoms with Gasteiger partial charge in [0.05, 0.1) is 5.56 Å². The van der Waals surface area contributed by atoms with E-state index in [-0.39, 0.29) is 18.5 Å². The number of carbonyl (C=O) groups excluding carboxylic acids is 1. The van der Waals surface area contributed by atoms with Gasteiger partial charge in [-0.2, -0.15) is 0 Å². The van der Waals surface area contributed by atoms with Crippen LogP contribution in [0.1, 0.15) is 54.1 Å². The Hall–Kier alpha value is -1.35. The van der Waals surface area contributed by atoms with E-state index in [9.17, 15) is 4.79 Å². The molecule has 1 aliphatic rings. The number of unbranched alkanes of at least 4 members (excludes halogenated alkanes) is 1. The van der Waals surface area contributed by atoms with Crippen molar-refractivity contribution in [1.82, 2.24) is 0 Å². The average molecular weight is 276 g/mol. The molecule has 0 heterocycles. The van der Waals surface area contributed by atoms with Gasteiger partial charge < -0.3 is 9.47 Å². The number of methoxy groups -OCH3 is 1. The van der Waals surface area contributed by atoms with Crippen LogP contribution in [-0.2, 0) is 11.2 Å². The lowest BCUT2D eigenvalue weighted by molar-refractivity contribution is 0.0500. The van der Waals surface area contributed by atoms with Gasteiger partial charge in [-0.15, -0.1) is 0 Å². The molecule has 0 radical (unpaired) electrons. The van der Waals surface area contributed by atoms with E-state index >= 15 is 0 Å². The predicted molar refractivity (Wildman–Crippen MR) is 79.3 cm³/mol. The van der Waals surface area contributed by atoms with Gasteiger partial charge in [0.1, 0.15) is 5.75 Å². The molecule has 0 aliphatic heterocycles. The molecule has 3 nitrogen and oxygen atoms in total. The first-order valence-corrected chi connectivity index (χ1v) is 7.47. The first-order valence-electron chi connectivity index (χ1n) is 7.47. The van der Waals surface area contributed by atoms with E-state index in [0.717, 1.165) is 43.2 Å². The Morgan fingerprint density at radius 2 is 2.10 bits per heavy atom. The summed E-state index contributed by atoms with van der Waals surface area (Å²) in [7, 11) is 1.59. The number of Topliss-reactive ketones (excluding diaryl/α,β-unsaturated/α-hetero) is 1. The van der Waals surface area contributed by atoms with Gasteiger partial charge in [0.2, 0.25) is 0 Å². The van der Waals surface area contributed by atoms with Crippen molar-refractivity contribution in [2.45, 2.75) is 46.0 Å². The second kappa shape index (κ2) is 6.89. The molecule has 0 bridgehead atoms. The smallest absolute Gasteiger partial charge is 0.188 e. The summed E-state index contributed by atoms with van der Waals surface area (Å²) in [4.78, 5) is 12.6. The van der Waals surface area contributed by atoms with Crippen molar-refractivity contribution in [3.63, 3.8) is 0 Å². The second-order valence-corrected chi connectivity index (χ2v) is 5.53. The van der Waals surface area contributed by atoms with Crippen LogP contribution in [0.2, 0.25) is 0 Å². The van der Waals surface area contributed by atoms with E-state index in [1.165, 1.54) is 5.56 Å². The van der Waals surface area contributed by atoms with Crippen molar-refractivity contribution < 1.29 is 14.3 Å². The van der Waals surface area contributed by atoms with Crippen molar-refractivity contribution >= 4 is 5.78 Å². The molecular formula is C17H24O3. The Morgan fingerprint density at radius 3 is 2.70 bits per heavy atom. The molecule has 0 saturated heterocycles. The fraction of sp³-hybridized carbons (Fsp3) is 0.588. The minimum absolute atomic E-state index is 0.182. The Labute approximate surface area is 121 Å². The predicted octanol–water partition coefficient (Wildman–Crippen LogP) is 3.91. The minimum atomic E-state index is 0.182. The molecule has 20 heavy (non-hydrogen) atoms. The van der Waals surface area contributed by atoms with Crippen LogP contribution in [0.4, 0.5) is 0 Å². The van der Waals surface area contributed by atoms with E-state index in [1.54, 1.807) is 7.11 Å². The molecular weight excluding hydrogens is 252 g/mol. The molecule has 1 fully saturated rings. The summed E-state index contributed by atoms with van der Waals surface area (Å²) in [5, 5.41) is 0. The van der Waals surface area contributed by atoms with Gasteiger partial charge in [-0.05, 0) is 49.8 Å². The molecule has 0 N–H and O–H groups in total. The fourth-order valence-corrected chi connectivity index (χ4v) is 2.47. The highest BCUT2D eigenvalue weighted by molar-refractivity contribution is 6.03. The average Bonchev–Trinajstić information content (AvgIpc) is 3.28. The Balaban J connectivity index is 2.37. The SMILES string of the molecule is CCCCc1c(C)ccc(OCOC)c1C(=O)C1CC1. The standard InChI is InChI=1S/C17H24O3/c1-4-5-6-14-12(2)7-10-15(20-11-19-3)16(14)17(18)13-8-9-13/h7,10,13H,4-6,8-9,11H2,1-3H3. The highest BCUT2D eigenvalue weighted by Gasteiger charge is 2.34. The zero-order valence-corrected chi connectivity index (χ0v) is 12.7. The Morgan fingerprint density at radius 1 is 1.35 bits per heavy atom. The van der Waals surface area contributed by atoms with E-state index in [2.05, 4.69) is 13.8 Å². The van der Waals surface area contributed by atoms with Crippen LogP contribution < -0.4 is 4.74 Å². The molecule has 1 aromatic rings. The summed E-state index contributed by atoms with van der Waals surface area (Å²) in [5.74, 6) is 1.15. The van der Waals surface area contributed by atoms with E-state index in [1.807, 2.05) is 12.1 Å². The van der Waals surface area contributed by atoms with Crippen LogP contribution in [0.3, 0.4) is 0 Å². The number of hydrogen-bond acceptors (Lipinski definition) is 3. The van der Waals surface area contributed by atoms with Gasteiger partial charge in [-0.1, -0.05) is 19.4 Å². The first kappa shape index (κ1) is 15.0. The van der Waals surface area contributed by atoms with Crippen molar-refractivity contribution in [1.29, 1.82) is 0 Å². The fourth-order valence-electron chi connectivity index (χ4n) is 2.47. The lowest BCUT2D eigenvalue weighted by atomic mass is 9.92. The third kappa shape index (κ3) is 3.40. The molecule has 0 aromatic heterocycles. The molecule has 0 atom stereocenters.